The van der Waals surface area contributed by atoms with Crippen LogP contribution in [0.5, 0.6) is 5.75 Å². The van der Waals surface area contributed by atoms with Crippen molar-refractivity contribution in [3.05, 3.63) is 29.3 Å². The molecule has 0 amide bonds. The first-order chi connectivity index (χ1) is 8.72. The fraction of sp³-hybridized carbons (Fsp3) is 0.538. The molecule has 0 heterocycles. The molecule has 19 heavy (non-hydrogen) atoms. The Bertz CT molecular complexity index is 434. The largest absolute Gasteiger partial charge is 0.496 e. The van der Waals surface area contributed by atoms with E-state index in [1.807, 2.05) is 6.92 Å². The van der Waals surface area contributed by atoms with Crippen LogP contribution in [-0.2, 0) is 5.54 Å². The summed E-state index contributed by atoms with van der Waals surface area (Å²) in [6.07, 6.45) is -4.34. The monoisotopic (exact) mass is 277 g/mol. The number of alkyl halides is 3. The average Bonchev–Trinajstić information content (AvgIpc) is 2.35. The molecule has 3 nitrogen and oxygen atoms in total. The van der Waals surface area contributed by atoms with E-state index in [9.17, 15) is 18.3 Å². The first-order valence-electron chi connectivity index (χ1n) is 5.79. The molecule has 0 aromatic heterocycles. The topological polar surface area (TPSA) is 41.5 Å². The summed E-state index contributed by atoms with van der Waals surface area (Å²) in [5, 5.41) is 11.8. The first-order valence-corrected chi connectivity index (χ1v) is 5.79. The molecule has 0 bridgehead atoms. The molecule has 0 saturated carbocycles. The molecule has 0 aliphatic carbocycles. The number of aliphatic hydroxyl groups is 1. The van der Waals surface area contributed by atoms with Gasteiger partial charge < -0.3 is 9.84 Å². The summed E-state index contributed by atoms with van der Waals surface area (Å²) >= 11 is 0. The fourth-order valence-electron chi connectivity index (χ4n) is 1.78. The van der Waals surface area contributed by atoms with Gasteiger partial charge in [0.05, 0.1) is 25.8 Å². The Morgan fingerprint density at radius 2 is 1.95 bits per heavy atom. The van der Waals surface area contributed by atoms with Crippen molar-refractivity contribution in [3.63, 3.8) is 0 Å². The van der Waals surface area contributed by atoms with Gasteiger partial charge in [-0.15, -0.1) is 0 Å². The van der Waals surface area contributed by atoms with Crippen LogP contribution in [0.4, 0.5) is 13.2 Å². The van der Waals surface area contributed by atoms with Gasteiger partial charge in [-0.2, -0.15) is 13.2 Å². The van der Waals surface area contributed by atoms with Crippen LogP contribution >= 0.6 is 0 Å². The average molecular weight is 277 g/mol. The van der Waals surface area contributed by atoms with Crippen LogP contribution < -0.4 is 10.1 Å². The maximum Gasteiger partial charge on any atom is 0.401 e. The van der Waals surface area contributed by atoms with Gasteiger partial charge in [0.15, 0.2) is 0 Å². The minimum absolute atomic E-state index is 0.442. The highest BCUT2D eigenvalue weighted by atomic mass is 19.4. The molecule has 1 aromatic carbocycles. The lowest BCUT2D eigenvalue weighted by Crippen LogP contribution is -2.47. The van der Waals surface area contributed by atoms with Gasteiger partial charge >= 0.3 is 6.18 Å². The van der Waals surface area contributed by atoms with Crippen molar-refractivity contribution in [2.24, 2.45) is 0 Å². The molecule has 1 atom stereocenters. The molecule has 1 unspecified atom stereocenters. The minimum Gasteiger partial charge on any atom is -0.496 e. The van der Waals surface area contributed by atoms with Crippen LogP contribution in [0.3, 0.4) is 0 Å². The zero-order valence-corrected chi connectivity index (χ0v) is 11.1. The smallest absolute Gasteiger partial charge is 0.401 e. The standard InChI is InChI=1S/C13H18F3NO2/c1-9-4-5-11(19-3)10(6-9)12(2,8-18)17-7-13(14,15)16/h4-6,17-18H,7-8H2,1-3H3. The Morgan fingerprint density at radius 1 is 1.32 bits per heavy atom. The van der Waals surface area contributed by atoms with E-state index in [1.54, 1.807) is 18.2 Å². The summed E-state index contributed by atoms with van der Waals surface area (Å²) < 4.78 is 42.1. The first kappa shape index (κ1) is 15.8. The molecule has 1 rings (SSSR count). The second kappa shape index (κ2) is 5.79. The van der Waals surface area contributed by atoms with Crippen molar-refractivity contribution >= 4 is 0 Å². The molecule has 0 saturated heterocycles. The quantitative estimate of drug-likeness (QED) is 0.868. The van der Waals surface area contributed by atoms with Gasteiger partial charge in [0.1, 0.15) is 5.75 Å². The van der Waals surface area contributed by atoms with E-state index in [0.717, 1.165) is 5.56 Å². The second-order valence-electron chi connectivity index (χ2n) is 4.66. The predicted molar refractivity (Wildman–Crippen MR) is 66.2 cm³/mol. The number of aliphatic hydroxyl groups excluding tert-OH is 1. The molecule has 6 heteroatoms. The van der Waals surface area contributed by atoms with Gasteiger partial charge in [-0.3, -0.25) is 5.32 Å². The second-order valence-corrected chi connectivity index (χ2v) is 4.66. The van der Waals surface area contributed by atoms with Crippen molar-refractivity contribution in [1.29, 1.82) is 0 Å². The van der Waals surface area contributed by atoms with Crippen molar-refractivity contribution in [1.82, 2.24) is 5.32 Å². The lowest BCUT2D eigenvalue weighted by atomic mass is 9.90. The number of methoxy groups -OCH3 is 1. The lowest BCUT2D eigenvalue weighted by Gasteiger charge is -2.31. The maximum atomic E-state index is 12.3. The normalized spacial score (nSPS) is 15.1. The van der Waals surface area contributed by atoms with Gasteiger partial charge in [0.2, 0.25) is 0 Å². The number of hydrogen-bond acceptors (Lipinski definition) is 3. The van der Waals surface area contributed by atoms with Crippen molar-refractivity contribution < 1.29 is 23.0 Å². The van der Waals surface area contributed by atoms with Crippen molar-refractivity contribution in [3.8, 4) is 5.75 Å². The lowest BCUT2D eigenvalue weighted by molar-refractivity contribution is -0.129. The fourth-order valence-corrected chi connectivity index (χ4v) is 1.78. The summed E-state index contributed by atoms with van der Waals surface area (Å²) in [4.78, 5) is 0. The van der Waals surface area contributed by atoms with Gasteiger partial charge in [0.25, 0.3) is 0 Å². The third-order valence-corrected chi connectivity index (χ3v) is 2.94. The molecular formula is C13H18F3NO2. The Labute approximate surface area is 110 Å². The van der Waals surface area contributed by atoms with E-state index < -0.39 is 24.9 Å². The number of rotatable bonds is 5. The third kappa shape index (κ3) is 4.11. The Morgan fingerprint density at radius 3 is 2.42 bits per heavy atom. The maximum absolute atomic E-state index is 12.3. The van der Waals surface area contributed by atoms with E-state index in [-0.39, 0.29) is 0 Å². The molecular weight excluding hydrogens is 259 g/mol. The van der Waals surface area contributed by atoms with E-state index >= 15 is 0 Å². The van der Waals surface area contributed by atoms with Gasteiger partial charge in [-0.1, -0.05) is 17.7 Å². The summed E-state index contributed by atoms with van der Waals surface area (Å²) in [7, 11) is 1.44. The van der Waals surface area contributed by atoms with Gasteiger partial charge in [-0.05, 0) is 19.9 Å². The Kier molecular flexibility index (Phi) is 4.81. The zero-order valence-electron chi connectivity index (χ0n) is 11.1. The van der Waals surface area contributed by atoms with Gasteiger partial charge in [0, 0.05) is 5.56 Å². The molecule has 108 valence electrons. The van der Waals surface area contributed by atoms with E-state index in [2.05, 4.69) is 5.32 Å². The van der Waals surface area contributed by atoms with Crippen LogP contribution in [0.2, 0.25) is 0 Å². The number of aryl methyl sites for hydroxylation is 1. The number of hydrogen-bond donors (Lipinski definition) is 2. The highest BCUT2D eigenvalue weighted by Gasteiger charge is 2.35. The Hall–Kier alpha value is -1.27. The Balaban J connectivity index is 3.10. The molecule has 0 spiro atoms. The molecule has 0 aliphatic heterocycles. The molecule has 1 aromatic rings. The van der Waals surface area contributed by atoms with E-state index in [0.29, 0.717) is 11.3 Å². The summed E-state index contributed by atoms with van der Waals surface area (Å²) in [6.45, 7) is 1.69. The highest BCUT2D eigenvalue weighted by molar-refractivity contribution is 5.41. The van der Waals surface area contributed by atoms with Crippen molar-refractivity contribution in [2.45, 2.75) is 25.6 Å². The summed E-state index contributed by atoms with van der Waals surface area (Å²) in [6, 6.07) is 5.18. The van der Waals surface area contributed by atoms with Crippen LogP contribution in [0.15, 0.2) is 18.2 Å². The van der Waals surface area contributed by atoms with Crippen LogP contribution in [-0.4, -0.2) is 31.5 Å². The van der Waals surface area contributed by atoms with Crippen LogP contribution in [0.25, 0.3) is 0 Å². The summed E-state index contributed by atoms with van der Waals surface area (Å²) in [5.74, 6) is 0.442. The minimum atomic E-state index is -4.34. The van der Waals surface area contributed by atoms with E-state index in [4.69, 9.17) is 4.74 Å². The highest BCUT2D eigenvalue weighted by Crippen LogP contribution is 2.31. The van der Waals surface area contributed by atoms with Crippen LogP contribution in [0, 0.1) is 6.92 Å². The SMILES string of the molecule is COc1ccc(C)cc1C(C)(CO)NCC(F)(F)F. The molecule has 2 N–H and O–H groups in total. The third-order valence-electron chi connectivity index (χ3n) is 2.94. The van der Waals surface area contributed by atoms with Gasteiger partial charge in [-0.25, -0.2) is 0 Å². The number of halogens is 3. The number of ether oxygens (including phenoxy) is 1. The molecule has 0 fully saturated rings. The van der Waals surface area contributed by atoms with E-state index in [1.165, 1.54) is 14.0 Å². The van der Waals surface area contributed by atoms with Crippen molar-refractivity contribution in [2.75, 3.05) is 20.3 Å². The summed E-state index contributed by atoms with van der Waals surface area (Å²) in [5.41, 5.74) is 0.165. The number of benzene rings is 1. The van der Waals surface area contributed by atoms with Crippen LogP contribution in [0.1, 0.15) is 18.1 Å². The zero-order chi connectivity index (χ0) is 14.7. The molecule has 0 radical (unpaired) electrons. The molecule has 0 aliphatic rings. The number of nitrogens with one attached hydrogen (secondary N) is 1. The predicted octanol–water partition coefficient (Wildman–Crippen LogP) is 2.36.